The van der Waals surface area contributed by atoms with Crippen LogP contribution in [0.2, 0.25) is 0 Å². The lowest BCUT2D eigenvalue weighted by Crippen LogP contribution is -2.31. The van der Waals surface area contributed by atoms with E-state index in [0.717, 1.165) is 18.5 Å². The van der Waals surface area contributed by atoms with E-state index < -0.39 is 17.6 Å². The number of amides is 1. The van der Waals surface area contributed by atoms with Crippen LogP contribution in [0.1, 0.15) is 21.7 Å². The van der Waals surface area contributed by atoms with Crippen LogP contribution in [-0.4, -0.2) is 20.7 Å². The Morgan fingerprint density at radius 1 is 1.15 bits per heavy atom. The smallest absolute Gasteiger partial charge is 0.298 e. The number of rotatable bonds is 4. The van der Waals surface area contributed by atoms with Gasteiger partial charge >= 0.3 is 12.1 Å². The van der Waals surface area contributed by atoms with Gasteiger partial charge in [-0.1, -0.05) is 6.07 Å². The summed E-state index contributed by atoms with van der Waals surface area (Å²) in [5.74, 6) is -0.784. The van der Waals surface area contributed by atoms with Crippen molar-refractivity contribution in [2.75, 3.05) is 5.43 Å². The molecule has 0 radical (unpaired) electrons. The summed E-state index contributed by atoms with van der Waals surface area (Å²) < 4.78 is 39.4. The van der Waals surface area contributed by atoms with Gasteiger partial charge in [0.1, 0.15) is 6.33 Å². The standard InChI is InChI=1S/C17H11F3N6O/c18-17(19,20)12-2-1-3-13(8-12)24-25-16(27)15-22-10-23-26(15)14-6-4-11(9-21)5-7-14/h1-8,10,24H,(H,25,27). The van der Waals surface area contributed by atoms with Crippen LogP contribution in [0.5, 0.6) is 0 Å². The molecule has 7 nitrogen and oxygen atoms in total. The summed E-state index contributed by atoms with van der Waals surface area (Å²) in [4.78, 5) is 16.2. The molecule has 0 aliphatic heterocycles. The zero-order valence-corrected chi connectivity index (χ0v) is 13.5. The van der Waals surface area contributed by atoms with Crippen molar-refractivity contribution in [2.24, 2.45) is 0 Å². The first-order chi connectivity index (χ1) is 12.9. The first kappa shape index (κ1) is 17.9. The third kappa shape index (κ3) is 4.04. The van der Waals surface area contributed by atoms with Gasteiger partial charge in [-0.2, -0.15) is 23.5 Å². The van der Waals surface area contributed by atoms with Crippen LogP contribution >= 0.6 is 0 Å². The van der Waals surface area contributed by atoms with Crippen LogP contribution in [0.4, 0.5) is 18.9 Å². The van der Waals surface area contributed by atoms with E-state index in [2.05, 4.69) is 20.9 Å². The van der Waals surface area contributed by atoms with Crippen LogP contribution in [-0.2, 0) is 6.18 Å². The second-order valence-corrected chi connectivity index (χ2v) is 5.31. The number of nitrogens with zero attached hydrogens (tertiary/aromatic N) is 4. The molecule has 0 aliphatic carbocycles. The molecule has 0 spiro atoms. The van der Waals surface area contributed by atoms with Gasteiger partial charge in [0.15, 0.2) is 0 Å². The van der Waals surface area contributed by atoms with Crippen molar-refractivity contribution in [1.82, 2.24) is 20.2 Å². The molecule has 136 valence electrons. The minimum absolute atomic E-state index is 0.0580. The number of halogens is 3. The van der Waals surface area contributed by atoms with E-state index in [9.17, 15) is 18.0 Å². The monoisotopic (exact) mass is 372 g/mol. The molecule has 1 aromatic heterocycles. The van der Waals surface area contributed by atoms with Crippen LogP contribution in [0.3, 0.4) is 0 Å². The van der Waals surface area contributed by atoms with E-state index in [1.807, 2.05) is 6.07 Å². The Hall–Kier alpha value is -3.87. The van der Waals surface area contributed by atoms with Crippen molar-refractivity contribution in [3.8, 4) is 11.8 Å². The Kier molecular flexibility index (Phi) is 4.76. The van der Waals surface area contributed by atoms with E-state index in [4.69, 9.17) is 5.26 Å². The Bertz CT molecular complexity index is 1000. The molecule has 10 heteroatoms. The van der Waals surface area contributed by atoms with Gasteiger partial charge in [0.25, 0.3) is 0 Å². The van der Waals surface area contributed by atoms with Gasteiger partial charge in [-0.25, -0.2) is 9.67 Å². The molecule has 0 aliphatic rings. The number of hydrazine groups is 1. The fourth-order valence-corrected chi connectivity index (χ4v) is 2.22. The highest BCUT2D eigenvalue weighted by Crippen LogP contribution is 2.30. The van der Waals surface area contributed by atoms with Crippen molar-refractivity contribution < 1.29 is 18.0 Å². The normalized spacial score (nSPS) is 10.9. The summed E-state index contributed by atoms with van der Waals surface area (Å²) in [6.45, 7) is 0. The van der Waals surface area contributed by atoms with Crippen molar-refractivity contribution in [1.29, 1.82) is 5.26 Å². The van der Waals surface area contributed by atoms with Gasteiger partial charge in [-0.15, -0.1) is 0 Å². The minimum Gasteiger partial charge on any atom is -0.298 e. The quantitative estimate of drug-likeness (QED) is 0.687. The highest BCUT2D eigenvalue weighted by molar-refractivity contribution is 5.91. The summed E-state index contributed by atoms with van der Waals surface area (Å²) in [6.07, 6.45) is -3.32. The van der Waals surface area contributed by atoms with E-state index >= 15 is 0 Å². The van der Waals surface area contributed by atoms with Crippen LogP contribution < -0.4 is 10.9 Å². The largest absolute Gasteiger partial charge is 0.416 e. The Morgan fingerprint density at radius 3 is 2.56 bits per heavy atom. The van der Waals surface area contributed by atoms with E-state index in [-0.39, 0.29) is 11.5 Å². The molecule has 0 saturated heterocycles. The average Bonchev–Trinajstić information content (AvgIpc) is 3.15. The van der Waals surface area contributed by atoms with Gasteiger partial charge in [-0.3, -0.25) is 15.6 Å². The Labute approximate surface area is 151 Å². The summed E-state index contributed by atoms with van der Waals surface area (Å²) >= 11 is 0. The zero-order chi connectivity index (χ0) is 19.4. The number of aromatic nitrogens is 3. The second kappa shape index (κ2) is 7.17. The fourth-order valence-electron chi connectivity index (χ4n) is 2.22. The van der Waals surface area contributed by atoms with Crippen molar-refractivity contribution >= 4 is 11.6 Å². The summed E-state index contributed by atoms with van der Waals surface area (Å²) in [6, 6.07) is 12.6. The SMILES string of the molecule is N#Cc1ccc(-n2ncnc2C(=O)NNc2cccc(C(F)(F)F)c2)cc1. The zero-order valence-electron chi connectivity index (χ0n) is 13.5. The molecule has 0 bridgehead atoms. The minimum atomic E-state index is -4.49. The van der Waals surface area contributed by atoms with Gasteiger partial charge in [0.2, 0.25) is 5.82 Å². The fraction of sp³-hybridized carbons (Fsp3) is 0.0588. The molecule has 1 amide bonds. The molecular weight excluding hydrogens is 361 g/mol. The lowest BCUT2D eigenvalue weighted by atomic mass is 10.2. The number of benzene rings is 2. The maximum Gasteiger partial charge on any atom is 0.416 e. The molecule has 27 heavy (non-hydrogen) atoms. The average molecular weight is 372 g/mol. The van der Waals surface area contributed by atoms with Crippen LogP contribution in [0, 0.1) is 11.3 Å². The molecule has 0 saturated carbocycles. The number of alkyl halides is 3. The first-order valence-corrected chi connectivity index (χ1v) is 7.52. The summed E-state index contributed by atoms with van der Waals surface area (Å²) in [5.41, 5.74) is 4.85. The van der Waals surface area contributed by atoms with Crippen molar-refractivity contribution in [2.45, 2.75) is 6.18 Å². The number of hydrogen-bond acceptors (Lipinski definition) is 5. The molecule has 0 unspecified atom stereocenters. The van der Waals surface area contributed by atoms with Crippen molar-refractivity contribution in [3.63, 3.8) is 0 Å². The summed E-state index contributed by atoms with van der Waals surface area (Å²) in [5, 5.41) is 12.8. The highest BCUT2D eigenvalue weighted by Gasteiger charge is 2.30. The first-order valence-electron chi connectivity index (χ1n) is 7.52. The maximum atomic E-state index is 12.7. The maximum absolute atomic E-state index is 12.7. The molecule has 1 heterocycles. The van der Waals surface area contributed by atoms with E-state index in [1.54, 1.807) is 24.3 Å². The van der Waals surface area contributed by atoms with Gasteiger partial charge < -0.3 is 0 Å². The number of carbonyl (C=O) groups is 1. The number of nitriles is 1. The topological polar surface area (TPSA) is 95.6 Å². The van der Waals surface area contributed by atoms with E-state index in [0.29, 0.717) is 11.3 Å². The van der Waals surface area contributed by atoms with Gasteiger partial charge in [0, 0.05) is 0 Å². The highest BCUT2D eigenvalue weighted by atomic mass is 19.4. The van der Waals surface area contributed by atoms with E-state index in [1.165, 1.54) is 16.8 Å². The van der Waals surface area contributed by atoms with Crippen molar-refractivity contribution in [3.05, 3.63) is 71.8 Å². The second-order valence-electron chi connectivity index (χ2n) is 5.31. The summed E-state index contributed by atoms with van der Waals surface area (Å²) in [7, 11) is 0. The van der Waals surface area contributed by atoms with Crippen LogP contribution in [0.15, 0.2) is 54.9 Å². The Balaban J connectivity index is 1.75. The number of hydrogen-bond donors (Lipinski definition) is 2. The van der Waals surface area contributed by atoms with Gasteiger partial charge in [-0.05, 0) is 42.5 Å². The molecule has 3 rings (SSSR count). The number of anilines is 1. The predicted octanol–water partition coefficient (Wildman–Crippen LogP) is 2.91. The third-order valence-electron chi connectivity index (χ3n) is 3.50. The number of carbonyl (C=O) groups excluding carboxylic acids is 1. The molecule has 0 atom stereocenters. The molecule has 0 fully saturated rings. The lowest BCUT2D eigenvalue weighted by Gasteiger charge is -2.11. The molecule has 3 aromatic rings. The Morgan fingerprint density at radius 2 is 1.89 bits per heavy atom. The molecule has 2 N–H and O–H groups in total. The molecular formula is C17H11F3N6O. The molecule has 2 aromatic carbocycles. The third-order valence-corrected chi connectivity index (χ3v) is 3.50. The lowest BCUT2D eigenvalue weighted by molar-refractivity contribution is -0.137. The number of nitrogens with one attached hydrogen (secondary N) is 2. The van der Waals surface area contributed by atoms with Gasteiger partial charge in [0.05, 0.1) is 28.6 Å². The van der Waals surface area contributed by atoms with Crippen LogP contribution in [0.25, 0.3) is 5.69 Å². The predicted molar refractivity (Wildman–Crippen MR) is 88.6 cm³/mol.